The Hall–Kier alpha value is -3.51. The fraction of sp³-hybridized carbons (Fsp3) is 0.406. The highest BCUT2D eigenvalue weighted by atomic mass is 16.1. The topological polar surface area (TPSA) is 63.1 Å². The molecule has 1 aliphatic carbocycles. The second kappa shape index (κ2) is 9.66. The van der Waals surface area contributed by atoms with Crippen LogP contribution in [0.4, 0.5) is 5.95 Å². The van der Waals surface area contributed by atoms with E-state index in [0.29, 0.717) is 23.7 Å². The molecular formula is C32H37N5O. The van der Waals surface area contributed by atoms with E-state index in [-0.39, 0.29) is 11.0 Å². The number of pyridine rings is 1. The molecule has 0 radical (unpaired) electrons. The minimum Gasteiger partial charge on any atom is -0.288 e. The fourth-order valence-corrected chi connectivity index (χ4v) is 6.19. The van der Waals surface area contributed by atoms with Crippen LogP contribution in [0.25, 0.3) is 22.2 Å². The quantitative estimate of drug-likeness (QED) is 0.350. The van der Waals surface area contributed by atoms with Gasteiger partial charge < -0.3 is 0 Å². The van der Waals surface area contributed by atoms with Gasteiger partial charge in [0, 0.05) is 30.2 Å². The second-order valence-corrected chi connectivity index (χ2v) is 12.2. The third-order valence-corrected chi connectivity index (χ3v) is 8.41. The molecule has 1 saturated carbocycles. The van der Waals surface area contributed by atoms with Gasteiger partial charge in [-0.05, 0) is 65.3 Å². The fourth-order valence-electron chi connectivity index (χ4n) is 6.19. The zero-order valence-electron chi connectivity index (χ0n) is 22.9. The number of hydrogen-bond donors (Lipinski definition) is 1. The largest absolute Gasteiger partial charge is 0.288 e. The van der Waals surface area contributed by atoms with Crippen LogP contribution in [0.15, 0.2) is 65.6 Å². The first-order valence-electron chi connectivity index (χ1n) is 13.8. The highest BCUT2D eigenvalue weighted by Crippen LogP contribution is 2.37. The molecule has 2 aliphatic rings. The summed E-state index contributed by atoms with van der Waals surface area (Å²) in [5, 5.41) is 3.11. The summed E-state index contributed by atoms with van der Waals surface area (Å²) in [7, 11) is 0. The number of anilines is 1. The summed E-state index contributed by atoms with van der Waals surface area (Å²) in [6.45, 7) is 11.2. The lowest BCUT2D eigenvalue weighted by Gasteiger charge is -2.20. The van der Waals surface area contributed by atoms with Crippen LogP contribution in [-0.2, 0) is 12.0 Å². The number of hydrazine groups is 1. The van der Waals surface area contributed by atoms with Crippen molar-refractivity contribution in [3.05, 3.63) is 87.8 Å². The Balaban J connectivity index is 1.41. The van der Waals surface area contributed by atoms with Gasteiger partial charge in [0.15, 0.2) is 0 Å². The van der Waals surface area contributed by atoms with Crippen LogP contribution in [0, 0.1) is 18.8 Å². The Kier molecular flexibility index (Phi) is 6.31. The van der Waals surface area contributed by atoms with Gasteiger partial charge in [-0.15, -0.1) is 0 Å². The molecule has 2 atom stereocenters. The molecule has 2 unspecified atom stereocenters. The number of nitrogens with zero attached hydrogens (tertiary/aromatic N) is 4. The van der Waals surface area contributed by atoms with Crippen molar-refractivity contribution in [3.8, 4) is 11.1 Å². The summed E-state index contributed by atoms with van der Waals surface area (Å²) in [6.07, 6.45) is 5.83. The third kappa shape index (κ3) is 4.73. The van der Waals surface area contributed by atoms with E-state index < -0.39 is 0 Å². The molecule has 2 aromatic carbocycles. The lowest BCUT2D eigenvalue weighted by Crippen LogP contribution is -2.30. The molecule has 0 amide bonds. The molecular weight excluding hydrogens is 470 g/mol. The molecule has 1 aliphatic heterocycles. The van der Waals surface area contributed by atoms with Crippen molar-refractivity contribution in [2.24, 2.45) is 11.8 Å². The third-order valence-electron chi connectivity index (χ3n) is 8.41. The molecule has 1 N–H and O–H groups in total. The van der Waals surface area contributed by atoms with Crippen LogP contribution in [-0.4, -0.2) is 32.6 Å². The summed E-state index contributed by atoms with van der Waals surface area (Å²) in [4.78, 5) is 23.6. The second-order valence-electron chi connectivity index (χ2n) is 12.2. The monoisotopic (exact) mass is 507 g/mol. The summed E-state index contributed by atoms with van der Waals surface area (Å²) in [6, 6.07) is 18.6. The Labute approximate surface area is 224 Å². The average Bonchev–Trinajstić information content (AvgIpc) is 3.48. The van der Waals surface area contributed by atoms with Crippen LogP contribution >= 0.6 is 0 Å². The number of aryl methyl sites for hydroxylation is 1. The van der Waals surface area contributed by atoms with E-state index in [1.54, 1.807) is 0 Å². The zero-order chi connectivity index (χ0) is 26.4. The number of nitrogens with one attached hydrogen (secondary N) is 1. The van der Waals surface area contributed by atoms with Crippen molar-refractivity contribution in [3.63, 3.8) is 0 Å². The Morgan fingerprint density at radius 1 is 0.974 bits per heavy atom. The Bertz CT molecular complexity index is 1520. The van der Waals surface area contributed by atoms with Crippen molar-refractivity contribution in [1.82, 2.24) is 19.5 Å². The van der Waals surface area contributed by atoms with E-state index in [0.717, 1.165) is 47.0 Å². The maximum Gasteiger partial charge on any atom is 0.260 e. The lowest BCUT2D eigenvalue weighted by molar-refractivity contribution is 0.369. The van der Waals surface area contributed by atoms with E-state index in [1.807, 2.05) is 48.0 Å². The molecule has 2 aromatic heterocycles. The Morgan fingerprint density at radius 3 is 2.37 bits per heavy atom. The molecule has 6 nitrogen and oxygen atoms in total. The molecule has 0 bridgehead atoms. The minimum absolute atomic E-state index is 0.0351. The predicted octanol–water partition coefficient (Wildman–Crippen LogP) is 6.17. The van der Waals surface area contributed by atoms with Gasteiger partial charge in [0.25, 0.3) is 5.56 Å². The zero-order valence-corrected chi connectivity index (χ0v) is 22.9. The maximum absolute atomic E-state index is 14.0. The van der Waals surface area contributed by atoms with Gasteiger partial charge in [0.2, 0.25) is 5.95 Å². The van der Waals surface area contributed by atoms with Crippen molar-refractivity contribution >= 4 is 17.0 Å². The van der Waals surface area contributed by atoms with Gasteiger partial charge in [-0.25, -0.2) is 9.99 Å². The van der Waals surface area contributed by atoms with Crippen LogP contribution in [0.2, 0.25) is 0 Å². The summed E-state index contributed by atoms with van der Waals surface area (Å²) >= 11 is 0. The number of aromatic nitrogens is 3. The number of fused-ring (bicyclic) bond motifs is 2. The van der Waals surface area contributed by atoms with E-state index >= 15 is 0 Å². The standard InChI is InChI=1S/C32H37N5O/c1-21-8-5-6-11-27(21)28-16-25-17-33-31(35-36-19-23-9-7-10-24(23)20-36)34-29(25)37(30(28)38)18-22-12-14-26(15-13-22)32(2,3)4/h5-6,8,11-17,23-24H,7,9-10,18-20H2,1-4H3,(H,33,34,35). The highest BCUT2D eigenvalue weighted by molar-refractivity contribution is 5.82. The molecule has 6 heteroatoms. The van der Waals surface area contributed by atoms with Gasteiger partial charge in [-0.3, -0.25) is 14.8 Å². The smallest absolute Gasteiger partial charge is 0.260 e. The highest BCUT2D eigenvalue weighted by Gasteiger charge is 2.36. The molecule has 2 fully saturated rings. The summed E-state index contributed by atoms with van der Waals surface area (Å²) in [5.41, 5.74) is 9.19. The Morgan fingerprint density at radius 2 is 1.68 bits per heavy atom. The van der Waals surface area contributed by atoms with Crippen LogP contribution in [0.1, 0.15) is 56.7 Å². The van der Waals surface area contributed by atoms with Crippen molar-refractivity contribution in [2.45, 2.75) is 58.9 Å². The first-order chi connectivity index (χ1) is 18.3. The van der Waals surface area contributed by atoms with Crippen molar-refractivity contribution in [2.75, 3.05) is 18.5 Å². The first-order valence-corrected chi connectivity index (χ1v) is 13.8. The van der Waals surface area contributed by atoms with Crippen LogP contribution < -0.4 is 11.0 Å². The number of rotatable bonds is 5. The van der Waals surface area contributed by atoms with Gasteiger partial charge >= 0.3 is 0 Å². The van der Waals surface area contributed by atoms with Gasteiger partial charge in [0.05, 0.1) is 6.54 Å². The lowest BCUT2D eigenvalue weighted by atomic mass is 9.87. The van der Waals surface area contributed by atoms with Crippen molar-refractivity contribution < 1.29 is 0 Å². The summed E-state index contributed by atoms with van der Waals surface area (Å²) in [5.74, 6) is 2.10. The maximum atomic E-state index is 14.0. The average molecular weight is 508 g/mol. The van der Waals surface area contributed by atoms with Gasteiger partial charge in [-0.2, -0.15) is 4.98 Å². The predicted molar refractivity (Wildman–Crippen MR) is 154 cm³/mol. The summed E-state index contributed by atoms with van der Waals surface area (Å²) < 4.78 is 1.81. The van der Waals surface area contributed by atoms with Crippen molar-refractivity contribution in [1.29, 1.82) is 0 Å². The van der Waals surface area contributed by atoms with E-state index in [4.69, 9.17) is 4.98 Å². The van der Waals surface area contributed by atoms with E-state index in [2.05, 4.69) is 60.5 Å². The van der Waals surface area contributed by atoms with Gasteiger partial charge in [-0.1, -0.05) is 75.7 Å². The van der Waals surface area contributed by atoms with E-state index in [9.17, 15) is 4.79 Å². The first kappa shape index (κ1) is 24.8. The minimum atomic E-state index is -0.0351. The number of benzene rings is 2. The molecule has 4 aromatic rings. The van der Waals surface area contributed by atoms with Gasteiger partial charge in [0.1, 0.15) is 5.65 Å². The molecule has 1 saturated heterocycles. The molecule has 0 spiro atoms. The van der Waals surface area contributed by atoms with E-state index in [1.165, 1.54) is 24.8 Å². The van der Waals surface area contributed by atoms with Crippen LogP contribution in [0.5, 0.6) is 0 Å². The molecule has 3 heterocycles. The molecule has 6 rings (SSSR count). The van der Waals surface area contributed by atoms with Crippen LogP contribution in [0.3, 0.4) is 0 Å². The number of hydrogen-bond acceptors (Lipinski definition) is 5. The normalized spacial score (nSPS) is 19.7. The SMILES string of the molecule is Cc1ccccc1-c1cc2cnc(NN3CC4CCCC4C3)nc2n(Cc2ccc(C(C)(C)C)cc2)c1=O. The molecule has 38 heavy (non-hydrogen) atoms. The molecule has 196 valence electrons.